The zero-order valence-corrected chi connectivity index (χ0v) is 15.0. The van der Waals surface area contributed by atoms with Gasteiger partial charge in [-0.1, -0.05) is 0 Å². The first-order chi connectivity index (χ1) is 12.6. The van der Waals surface area contributed by atoms with E-state index in [0.717, 1.165) is 43.0 Å². The zero-order chi connectivity index (χ0) is 18.1. The molecule has 7 heteroatoms. The molecule has 0 spiro atoms. The molecule has 3 aromatic heterocycles. The fourth-order valence-electron chi connectivity index (χ4n) is 3.50. The molecule has 0 aromatic carbocycles. The summed E-state index contributed by atoms with van der Waals surface area (Å²) in [6, 6.07) is 5.59. The molecule has 0 bridgehead atoms. The van der Waals surface area contributed by atoms with Crippen molar-refractivity contribution in [2.75, 3.05) is 32.1 Å². The summed E-state index contributed by atoms with van der Waals surface area (Å²) in [7, 11) is 3.99. The van der Waals surface area contributed by atoms with Crippen LogP contribution in [-0.4, -0.2) is 57.6 Å². The predicted octanol–water partition coefficient (Wildman–Crippen LogP) is 2.21. The fraction of sp³-hybridized carbons (Fsp3) is 0.368. The van der Waals surface area contributed by atoms with Crippen LogP contribution in [0.4, 0.5) is 5.82 Å². The normalized spacial score (nSPS) is 15.4. The van der Waals surface area contributed by atoms with Crippen LogP contribution >= 0.6 is 0 Å². The number of likely N-dealkylation sites (tertiary alicyclic amines) is 1. The number of nitrogens with zero attached hydrogens (tertiary/aromatic N) is 6. The quantitative estimate of drug-likeness (QED) is 0.724. The number of anilines is 1. The third kappa shape index (κ3) is 3.00. The number of pyridine rings is 1. The molecule has 4 heterocycles. The standard InChI is InChI=1S/C19H22N6O/c1-23(2)18-17-5-9-21-25(17)13-16(22-18)14-6-10-24(11-7-14)19(26)15-4-3-8-20-12-15/h3-5,8-9,12-14H,6-7,10-11H2,1-2H3. The Kier molecular flexibility index (Phi) is 4.28. The first-order valence-electron chi connectivity index (χ1n) is 8.84. The van der Waals surface area contributed by atoms with Gasteiger partial charge in [-0.15, -0.1) is 0 Å². The Hall–Kier alpha value is -2.96. The van der Waals surface area contributed by atoms with Crippen LogP contribution in [0.3, 0.4) is 0 Å². The number of piperidine rings is 1. The van der Waals surface area contributed by atoms with Crippen molar-refractivity contribution in [1.29, 1.82) is 0 Å². The molecule has 0 N–H and O–H groups in total. The molecule has 26 heavy (non-hydrogen) atoms. The Balaban J connectivity index is 1.51. The van der Waals surface area contributed by atoms with Gasteiger partial charge < -0.3 is 9.80 Å². The Bertz CT molecular complexity index is 912. The van der Waals surface area contributed by atoms with E-state index in [-0.39, 0.29) is 5.91 Å². The number of fused-ring (bicyclic) bond motifs is 1. The highest BCUT2D eigenvalue weighted by Crippen LogP contribution is 2.29. The van der Waals surface area contributed by atoms with Gasteiger partial charge in [0, 0.05) is 45.5 Å². The Labute approximate surface area is 152 Å². The Morgan fingerprint density at radius 2 is 2.00 bits per heavy atom. The molecule has 0 atom stereocenters. The monoisotopic (exact) mass is 350 g/mol. The van der Waals surface area contributed by atoms with Crippen molar-refractivity contribution in [2.45, 2.75) is 18.8 Å². The van der Waals surface area contributed by atoms with Crippen LogP contribution in [0.25, 0.3) is 5.52 Å². The number of carbonyl (C=O) groups excluding carboxylic acids is 1. The van der Waals surface area contributed by atoms with Gasteiger partial charge in [-0.05, 0) is 31.0 Å². The van der Waals surface area contributed by atoms with Gasteiger partial charge >= 0.3 is 0 Å². The largest absolute Gasteiger partial charge is 0.361 e. The van der Waals surface area contributed by atoms with E-state index in [4.69, 9.17) is 4.98 Å². The molecule has 0 saturated carbocycles. The number of hydrogen-bond acceptors (Lipinski definition) is 5. The SMILES string of the molecule is CN(C)c1nc(C2CCN(C(=O)c3cccnc3)CC2)cn2nccc12. The van der Waals surface area contributed by atoms with Gasteiger partial charge in [-0.2, -0.15) is 5.10 Å². The molecule has 3 aromatic rings. The maximum absolute atomic E-state index is 12.6. The Morgan fingerprint density at radius 3 is 2.69 bits per heavy atom. The fourth-order valence-corrected chi connectivity index (χ4v) is 3.50. The molecular formula is C19H22N6O. The molecule has 7 nitrogen and oxygen atoms in total. The maximum atomic E-state index is 12.6. The first kappa shape index (κ1) is 16.5. The van der Waals surface area contributed by atoms with E-state index in [1.807, 2.05) is 46.7 Å². The summed E-state index contributed by atoms with van der Waals surface area (Å²) in [5.41, 5.74) is 2.69. The smallest absolute Gasteiger partial charge is 0.255 e. The molecule has 1 amide bonds. The van der Waals surface area contributed by atoms with Crippen molar-refractivity contribution in [3.05, 3.63) is 54.2 Å². The van der Waals surface area contributed by atoms with Crippen LogP contribution in [0.5, 0.6) is 0 Å². The Morgan fingerprint density at radius 1 is 1.19 bits per heavy atom. The van der Waals surface area contributed by atoms with E-state index >= 15 is 0 Å². The first-order valence-corrected chi connectivity index (χ1v) is 8.84. The summed E-state index contributed by atoms with van der Waals surface area (Å²) in [6.07, 6.45) is 8.93. The topological polar surface area (TPSA) is 66.6 Å². The van der Waals surface area contributed by atoms with Crippen molar-refractivity contribution in [2.24, 2.45) is 0 Å². The van der Waals surface area contributed by atoms with Gasteiger partial charge in [0.15, 0.2) is 5.82 Å². The molecule has 134 valence electrons. The highest BCUT2D eigenvalue weighted by Gasteiger charge is 2.26. The third-order valence-electron chi connectivity index (χ3n) is 4.92. The van der Waals surface area contributed by atoms with Gasteiger partial charge in [-0.3, -0.25) is 9.78 Å². The third-order valence-corrected chi connectivity index (χ3v) is 4.92. The van der Waals surface area contributed by atoms with Gasteiger partial charge in [0.25, 0.3) is 5.91 Å². The van der Waals surface area contributed by atoms with Gasteiger partial charge in [0.2, 0.25) is 0 Å². The van der Waals surface area contributed by atoms with Gasteiger partial charge in [-0.25, -0.2) is 9.50 Å². The van der Waals surface area contributed by atoms with Crippen LogP contribution in [0.1, 0.15) is 34.8 Å². The molecule has 1 fully saturated rings. The summed E-state index contributed by atoms with van der Waals surface area (Å²) in [5.74, 6) is 1.31. The minimum atomic E-state index is 0.0565. The highest BCUT2D eigenvalue weighted by molar-refractivity contribution is 5.93. The van der Waals surface area contributed by atoms with Crippen LogP contribution in [0, 0.1) is 0 Å². The lowest BCUT2D eigenvalue weighted by molar-refractivity contribution is 0.0711. The van der Waals surface area contributed by atoms with E-state index in [0.29, 0.717) is 11.5 Å². The predicted molar refractivity (Wildman–Crippen MR) is 99.4 cm³/mol. The summed E-state index contributed by atoms with van der Waals surface area (Å²) in [5, 5.41) is 4.38. The average molecular weight is 350 g/mol. The second kappa shape index (κ2) is 6.74. The summed E-state index contributed by atoms with van der Waals surface area (Å²) >= 11 is 0. The summed E-state index contributed by atoms with van der Waals surface area (Å²) < 4.78 is 1.89. The van der Waals surface area contributed by atoms with E-state index in [1.165, 1.54) is 0 Å². The lowest BCUT2D eigenvalue weighted by Crippen LogP contribution is -2.38. The second-order valence-electron chi connectivity index (χ2n) is 6.85. The van der Waals surface area contributed by atoms with Crippen LogP contribution < -0.4 is 4.90 Å². The molecule has 0 radical (unpaired) electrons. The number of carbonyl (C=O) groups is 1. The van der Waals surface area contributed by atoms with Crippen LogP contribution in [0.15, 0.2) is 43.0 Å². The lowest BCUT2D eigenvalue weighted by Gasteiger charge is -2.32. The lowest BCUT2D eigenvalue weighted by atomic mass is 9.93. The van der Waals surface area contributed by atoms with E-state index in [1.54, 1.807) is 24.7 Å². The molecule has 4 rings (SSSR count). The summed E-state index contributed by atoms with van der Waals surface area (Å²) in [6.45, 7) is 1.46. The number of aromatic nitrogens is 4. The number of rotatable bonds is 3. The number of hydrogen-bond donors (Lipinski definition) is 0. The maximum Gasteiger partial charge on any atom is 0.255 e. The number of amides is 1. The van der Waals surface area contributed by atoms with E-state index in [2.05, 4.69) is 10.1 Å². The molecule has 0 aliphatic carbocycles. The van der Waals surface area contributed by atoms with Gasteiger partial charge in [0.1, 0.15) is 5.52 Å². The van der Waals surface area contributed by atoms with Crippen molar-refractivity contribution < 1.29 is 4.79 Å². The van der Waals surface area contributed by atoms with Crippen LogP contribution in [-0.2, 0) is 0 Å². The molecular weight excluding hydrogens is 328 g/mol. The van der Waals surface area contributed by atoms with Crippen molar-refractivity contribution >= 4 is 17.2 Å². The van der Waals surface area contributed by atoms with Crippen LogP contribution in [0.2, 0.25) is 0 Å². The molecule has 1 aliphatic rings. The molecule has 0 unspecified atom stereocenters. The van der Waals surface area contributed by atoms with Crippen molar-refractivity contribution in [1.82, 2.24) is 24.5 Å². The van der Waals surface area contributed by atoms with E-state index < -0.39 is 0 Å². The van der Waals surface area contributed by atoms with Crippen molar-refractivity contribution in [3.8, 4) is 0 Å². The van der Waals surface area contributed by atoms with Gasteiger partial charge in [0.05, 0.1) is 23.7 Å². The second-order valence-corrected chi connectivity index (χ2v) is 6.85. The van der Waals surface area contributed by atoms with E-state index in [9.17, 15) is 4.79 Å². The minimum absolute atomic E-state index is 0.0565. The zero-order valence-electron chi connectivity index (χ0n) is 15.0. The highest BCUT2D eigenvalue weighted by atomic mass is 16.2. The summed E-state index contributed by atoms with van der Waals surface area (Å²) in [4.78, 5) is 25.4. The molecule has 1 aliphatic heterocycles. The molecule has 1 saturated heterocycles. The minimum Gasteiger partial charge on any atom is -0.361 e. The average Bonchev–Trinajstić information content (AvgIpc) is 3.16. The van der Waals surface area contributed by atoms with Crippen molar-refractivity contribution in [3.63, 3.8) is 0 Å².